The van der Waals surface area contributed by atoms with Gasteiger partial charge in [0.2, 0.25) is 0 Å². The van der Waals surface area contributed by atoms with Crippen LogP contribution in [0.2, 0.25) is 0 Å². The highest BCUT2D eigenvalue weighted by molar-refractivity contribution is 6.17. The molecule has 0 aliphatic carbocycles. The van der Waals surface area contributed by atoms with Crippen LogP contribution in [0.5, 0.6) is 5.75 Å². The Balaban J connectivity index is 1.69. The van der Waals surface area contributed by atoms with E-state index in [2.05, 4.69) is 23.3 Å². The van der Waals surface area contributed by atoms with Crippen molar-refractivity contribution in [3.63, 3.8) is 0 Å². The minimum Gasteiger partial charge on any atom is -0.494 e. The highest BCUT2D eigenvalue weighted by atomic mass is 35.5. The average molecular weight is 294 g/mol. The number of aryl methyl sites for hydroxylation is 3. The van der Waals surface area contributed by atoms with Crippen LogP contribution in [0.1, 0.15) is 24.1 Å². The van der Waals surface area contributed by atoms with Crippen molar-refractivity contribution in [2.75, 3.05) is 12.5 Å². The minimum absolute atomic E-state index is 0.664. The van der Waals surface area contributed by atoms with Crippen LogP contribution >= 0.6 is 11.6 Å². The molecule has 0 radical (unpaired) electrons. The molecule has 0 bridgehead atoms. The number of halogens is 1. The van der Waals surface area contributed by atoms with Crippen LogP contribution in [-0.2, 0) is 13.0 Å². The van der Waals surface area contributed by atoms with Gasteiger partial charge in [-0.05, 0) is 37.5 Å². The second-order valence-electron chi connectivity index (χ2n) is 4.78. The van der Waals surface area contributed by atoms with E-state index in [1.54, 1.807) is 0 Å². The van der Waals surface area contributed by atoms with E-state index >= 15 is 0 Å². The minimum atomic E-state index is 0.664. The summed E-state index contributed by atoms with van der Waals surface area (Å²) in [7, 11) is 0. The van der Waals surface area contributed by atoms with Crippen LogP contribution in [0.15, 0.2) is 30.5 Å². The highest BCUT2D eigenvalue weighted by Crippen LogP contribution is 2.12. The Bertz CT molecular complexity index is 527. The second kappa shape index (κ2) is 7.90. The monoisotopic (exact) mass is 293 g/mol. The molecule has 0 atom stereocenters. The summed E-state index contributed by atoms with van der Waals surface area (Å²) in [6.07, 6.45) is 4.73. The lowest BCUT2D eigenvalue weighted by atomic mass is 10.2. The molecule has 0 spiro atoms. The maximum absolute atomic E-state index is 5.70. The molecule has 0 unspecified atom stereocenters. The molecule has 4 nitrogen and oxygen atoms in total. The molecule has 0 N–H and O–H groups in total. The standard InChI is InChI=1S/C15H20ClN3O/c1-13-5-2-7-15(11-13)20-10-4-9-19-12-14(17-18-19)6-3-8-16/h2,5,7,11-12H,3-4,6,8-10H2,1H3. The molecule has 20 heavy (non-hydrogen) atoms. The molecule has 1 aromatic heterocycles. The van der Waals surface area contributed by atoms with Crippen LogP contribution in [0, 0.1) is 6.92 Å². The van der Waals surface area contributed by atoms with Crippen LogP contribution in [0.4, 0.5) is 0 Å². The lowest BCUT2D eigenvalue weighted by Gasteiger charge is -2.06. The van der Waals surface area contributed by atoms with Gasteiger partial charge in [-0.25, -0.2) is 0 Å². The zero-order valence-electron chi connectivity index (χ0n) is 11.8. The fourth-order valence-corrected chi connectivity index (χ4v) is 2.07. The number of alkyl halides is 1. The summed E-state index contributed by atoms with van der Waals surface area (Å²) in [6.45, 7) is 3.56. The second-order valence-corrected chi connectivity index (χ2v) is 5.16. The fraction of sp³-hybridized carbons (Fsp3) is 0.467. The molecule has 5 heteroatoms. The number of benzene rings is 1. The first-order valence-electron chi connectivity index (χ1n) is 6.92. The Hall–Kier alpha value is -1.55. The van der Waals surface area contributed by atoms with E-state index in [9.17, 15) is 0 Å². The summed E-state index contributed by atoms with van der Waals surface area (Å²) in [5.41, 5.74) is 2.22. The van der Waals surface area contributed by atoms with Crippen molar-refractivity contribution in [3.8, 4) is 5.75 Å². The van der Waals surface area contributed by atoms with E-state index in [1.807, 2.05) is 29.1 Å². The molecule has 0 aliphatic rings. The first-order chi connectivity index (χ1) is 9.78. The lowest BCUT2D eigenvalue weighted by Crippen LogP contribution is -2.05. The van der Waals surface area contributed by atoms with E-state index in [1.165, 1.54) is 5.56 Å². The van der Waals surface area contributed by atoms with Crippen LogP contribution in [0.25, 0.3) is 0 Å². The van der Waals surface area contributed by atoms with Crippen molar-refractivity contribution in [1.29, 1.82) is 0 Å². The predicted octanol–water partition coefficient (Wildman–Crippen LogP) is 3.23. The van der Waals surface area contributed by atoms with Crippen molar-refractivity contribution in [2.24, 2.45) is 0 Å². The molecule has 0 amide bonds. The molecular weight excluding hydrogens is 274 g/mol. The smallest absolute Gasteiger partial charge is 0.119 e. The van der Waals surface area contributed by atoms with Crippen LogP contribution in [0.3, 0.4) is 0 Å². The molecule has 2 aromatic rings. The molecular formula is C15H20ClN3O. The predicted molar refractivity (Wildman–Crippen MR) is 80.4 cm³/mol. The molecule has 108 valence electrons. The summed E-state index contributed by atoms with van der Waals surface area (Å²) in [5.74, 6) is 1.59. The summed E-state index contributed by atoms with van der Waals surface area (Å²) in [6, 6.07) is 8.09. The number of hydrogen-bond acceptors (Lipinski definition) is 3. The van der Waals surface area contributed by atoms with Crippen molar-refractivity contribution in [1.82, 2.24) is 15.0 Å². The number of rotatable bonds is 8. The summed E-state index contributed by atoms with van der Waals surface area (Å²) in [4.78, 5) is 0. The van der Waals surface area contributed by atoms with Crippen molar-refractivity contribution in [2.45, 2.75) is 32.7 Å². The normalized spacial score (nSPS) is 10.7. The Kier molecular flexibility index (Phi) is 5.87. The first-order valence-corrected chi connectivity index (χ1v) is 7.46. The maximum Gasteiger partial charge on any atom is 0.119 e. The first kappa shape index (κ1) is 14.9. The van der Waals surface area contributed by atoms with Gasteiger partial charge in [-0.1, -0.05) is 17.3 Å². The fourth-order valence-electron chi connectivity index (χ4n) is 1.93. The Morgan fingerprint density at radius 3 is 3.00 bits per heavy atom. The van der Waals surface area contributed by atoms with Crippen molar-refractivity contribution >= 4 is 11.6 Å². The van der Waals surface area contributed by atoms with E-state index in [-0.39, 0.29) is 0 Å². The van der Waals surface area contributed by atoms with Gasteiger partial charge in [0.05, 0.1) is 12.3 Å². The van der Waals surface area contributed by atoms with Gasteiger partial charge in [0.25, 0.3) is 0 Å². The van der Waals surface area contributed by atoms with Crippen LogP contribution < -0.4 is 4.74 Å². The third kappa shape index (κ3) is 4.85. The number of nitrogens with zero attached hydrogens (tertiary/aromatic N) is 3. The zero-order chi connectivity index (χ0) is 14.2. The van der Waals surface area contributed by atoms with Gasteiger partial charge in [0, 0.05) is 25.0 Å². The maximum atomic E-state index is 5.70. The SMILES string of the molecule is Cc1cccc(OCCCn2cc(CCCCl)nn2)c1. The molecule has 1 aromatic carbocycles. The third-order valence-electron chi connectivity index (χ3n) is 2.94. The number of hydrogen-bond donors (Lipinski definition) is 0. The molecule has 0 saturated carbocycles. The summed E-state index contributed by atoms with van der Waals surface area (Å²) in [5, 5.41) is 8.21. The molecule has 0 aliphatic heterocycles. The number of aromatic nitrogens is 3. The van der Waals surface area contributed by atoms with E-state index < -0.39 is 0 Å². The summed E-state index contributed by atoms with van der Waals surface area (Å²) < 4.78 is 7.57. The third-order valence-corrected chi connectivity index (χ3v) is 3.21. The summed E-state index contributed by atoms with van der Waals surface area (Å²) >= 11 is 5.66. The van der Waals surface area contributed by atoms with E-state index in [0.29, 0.717) is 12.5 Å². The molecule has 1 heterocycles. The Morgan fingerprint density at radius 1 is 1.30 bits per heavy atom. The van der Waals surface area contributed by atoms with Gasteiger partial charge in [-0.3, -0.25) is 4.68 Å². The van der Waals surface area contributed by atoms with Crippen molar-refractivity contribution in [3.05, 3.63) is 41.7 Å². The van der Waals surface area contributed by atoms with Gasteiger partial charge < -0.3 is 4.74 Å². The van der Waals surface area contributed by atoms with Gasteiger partial charge in [-0.2, -0.15) is 0 Å². The van der Waals surface area contributed by atoms with Gasteiger partial charge in [0.1, 0.15) is 5.75 Å². The van der Waals surface area contributed by atoms with Gasteiger partial charge in [0.15, 0.2) is 0 Å². The van der Waals surface area contributed by atoms with Crippen LogP contribution in [-0.4, -0.2) is 27.5 Å². The van der Waals surface area contributed by atoms with Gasteiger partial charge in [-0.15, -0.1) is 16.7 Å². The lowest BCUT2D eigenvalue weighted by molar-refractivity contribution is 0.298. The quantitative estimate of drug-likeness (QED) is 0.554. The van der Waals surface area contributed by atoms with Gasteiger partial charge >= 0.3 is 0 Å². The van der Waals surface area contributed by atoms with E-state index in [0.717, 1.165) is 37.3 Å². The van der Waals surface area contributed by atoms with Crippen molar-refractivity contribution < 1.29 is 4.74 Å². The highest BCUT2D eigenvalue weighted by Gasteiger charge is 2.00. The largest absolute Gasteiger partial charge is 0.494 e. The Labute approximate surface area is 124 Å². The number of ether oxygens (including phenoxy) is 1. The average Bonchev–Trinajstić information content (AvgIpc) is 2.89. The Morgan fingerprint density at radius 2 is 2.20 bits per heavy atom. The molecule has 0 saturated heterocycles. The zero-order valence-corrected chi connectivity index (χ0v) is 12.5. The molecule has 0 fully saturated rings. The topological polar surface area (TPSA) is 39.9 Å². The van der Waals surface area contributed by atoms with E-state index in [4.69, 9.17) is 16.3 Å². The molecule has 2 rings (SSSR count).